The molecule has 0 N–H and O–H groups in total. The molecule has 0 fully saturated rings. The second kappa shape index (κ2) is 12.6. The van der Waals surface area contributed by atoms with Gasteiger partial charge in [0.1, 0.15) is 22.3 Å². The summed E-state index contributed by atoms with van der Waals surface area (Å²) < 4.78 is 194. The summed E-state index contributed by atoms with van der Waals surface area (Å²) in [5, 5.41) is -0.824. The molecule has 0 radical (unpaired) electrons. The third kappa shape index (κ3) is 5.28. The molecular weight excluding hydrogens is 671 g/mol. The van der Waals surface area contributed by atoms with Crippen molar-refractivity contribution in [3.63, 3.8) is 0 Å². The summed E-state index contributed by atoms with van der Waals surface area (Å²) in [5.74, 6) is 0. The number of fused-ring (bicyclic) bond motifs is 8. The van der Waals surface area contributed by atoms with Gasteiger partial charge in [-0.25, -0.2) is 0 Å². The Labute approximate surface area is 347 Å². The third-order valence-corrected chi connectivity index (χ3v) is 9.36. The van der Waals surface area contributed by atoms with E-state index < -0.39 is 121 Å². The first-order valence-electron chi connectivity index (χ1n) is 27.5. The van der Waals surface area contributed by atoms with E-state index in [0.29, 0.717) is 22.6 Å². The van der Waals surface area contributed by atoms with Crippen LogP contribution in [-0.2, 0) is 0 Å². The SMILES string of the molecule is [2H]c1c([2H])c([2H])c(-c2ccc(N(c3ccc(-c4c([2H])c([2H])c5c([2H])c([2H])c6oc7c([2H])c([2H])c([2H])c([2H])c7c6c5c4[2H])cc3)c3cccc(-c4c([2H])c([2H])c([2H])c5c4oc4c([2H])c([2H])c([2H])c([2H])c45)c3)cc2)c([2H])c1[2H]. The van der Waals surface area contributed by atoms with Crippen molar-refractivity contribution in [1.82, 2.24) is 0 Å². The maximum absolute atomic E-state index is 9.61. The Morgan fingerprint density at radius 1 is 0.400 bits per heavy atom. The number of nitrogens with zero attached hydrogens (tertiary/aromatic N) is 1. The molecule has 0 aliphatic rings. The summed E-state index contributed by atoms with van der Waals surface area (Å²) in [7, 11) is 0. The lowest BCUT2D eigenvalue weighted by Crippen LogP contribution is -2.10. The lowest BCUT2D eigenvalue weighted by Gasteiger charge is -2.26. The molecule has 11 aromatic rings. The number of furan rings is 2. The molecule has 2 aromatic heterocycles. The van der Waals surface area contributed by atoms with Crippen LogP contribution >= 0.6 is 0 Å². The van der Waals surface area contributed by atoms with E-state index in [1.807, 2.05) is 0 Å². The van der Waals surface area contributed by atoms with E-state index in [-0.39, 0.29) is 88.5 Å². The topological polar surface area (TPSA) is 29.5 Å². The lowest BCUT2D eigenvalue weighted by molar-refractivity contribution is 0.669. The minimum Gasteiger partial charge on any atom is -0.456 e. The Balaban J connectivity index is 1.12. The molecule has 0 spiro atoms. The molecule has 0 unspecified atom stereocenters. The highest BCUT2D eigenvalue weighted by Crippen LogP contribution is 2.42. The normalized spacial score (nSPS) is 17.0. The summed E-state index contributed by atoms with van der Waals surface area (Å²) in [6, 6.07) is 8.70. The minimum atomic E-state index is -0.605. The van der Waals surface area contributed by atoms with E-state index >= 15 is 0 Å². The van der Waals surface area contributed by atoms with Gasteiger partial charge >= 0.3 is 0 Å². The molecule has 0 bridgehead atoms. The Hall–Kier alpha value is -7.36. The molecule has 0 amide bonds. The minimum absolute atomic E-state index is 0.00894. The standard InChI is InChI=1S/C52H33NO2/c1-2-10-34(11-3-1)35-22-27-40(28-23-35)53(42-13-8-12-39(32-42)43-16-9-17-45-44-14-4-6-18-48(44)55-52(43)45)41-29-24-36(25-30-41)38-21-20-37-26-31-50-51(47(37)33-38)46-15-5-7-19-49(46)54-50/h1-33H/i1D,2D,3D,4D,5D,6D,7D,9D,10D,11D,14D,15D,16D,17D,18D,19D,20D,21D,26D,31D,33D. The van der Waals surface area contributed by atoms with E-state index in [2.05, 4.69) is 0 Å². The molecule has 0 aliphatic heterocycles. The summed E-state index contributed by atoms with van der Waals surface area (Å²) in [6.45, 7) is 0. The predicted octanol–water partition coefficient (Wildman–Crippen LogP) is 15.1. The summed E-state index contributed by atoms with van der Waals surface area (Å²) in [5.41, 5.74) is 0.952. The summed E-state index contributed by atoms with van der Waals surface area (Å²) in [6.07, 6.45) is 0. The number of hydrogen-bond donors (Lipinski definition) is 0. The second-order valence-electron chi connectivity index (χ2n) is 12.5. The number of rotatable bonds is 6. The molecule has 2 heterocycles. The van der Waals surface area contributed by atoms with Crippen molar-refractivity contribution in [1.29, 1.82) is 0 Å². The monoisotopic (exact) mass is 724 g/mol. The van der Waals surface area contributed by atoms with Gasteiger partial charge in [0.15, 0.2) is 0 Å². The Bertz CT molecular complexity index is 4390. The number of benzene rings is 9. The van der Waals surface area contributed by atoms with Crippen LogP contribution in [0.2, 0.25) is 0 Å². The zero-order chi connectivity index (χ0) is 54.6. The average Bonchev–Trinajstić information content (AvgIpc) is 4.10. The van der Waals surface area contributed by atoms with Gasteiger partial charge in [0, 0.05) is 44.2 Å². The highest BCUT2D eigenvalue weighted by Gasteiger charge is 2.17. The van der Waals surface area contributed by atoms with Gasteiger partial charge in [-0.15, -0.1) is 0 Å². The van der Waals surface area contributed by atoms with E-state index in [1.54, 1.807) is 77.7 Å². The number of para-hydroxylation sites is 3. The predicted molar refractivity (Wildman–Crippen MR) is 229 cm³/mol. The van der Waals surface area contributed by atoms with Crippen LogP contribution in [-0.4, -0.2) is 0 Å². The number of anilines is 3. The first-order chi connectivity index (χ1) is 36.0. The molecule has 3 nitrogen and oxygen atoms in total. The fraction of sp³-hybridized carbons (Fsp3) is 0. The van der Waals surface area contributed by atoms with Gasteiger partial charge in [-0.05, 0) is 99.2 Å². The molecule has 55 heavy (non-hydrogen) atoms. The Morgan fingerprint density at radius 2 is 1.05 bits per heavy atom. The molecule has 9 aromatic carbocycles. The quantitative estimate of drug-likeness (QED) is 0.171. The van der Waals surface area contributed by atoms with Crippen LogP contribution in [0.25, 0.3) is 88.0 Å². The van der Waals surface area contributed by atoms with E-state index in [4.69, 9.17) is 34.9 Å². The van der Waals surface area contributed by atoms with Crippen LogP contribution in [0, 0.1) is 0 Å². The van der Waals surface area contributed by atoms with Crippen LogP contribution in [0.4, 0.5) is 17.1 Å². The largest absolute Gasteiger partial charge is 0.456 e. The van der Waals surface area contributed by atoms with Crippen molar-refractivity contribution >= 4 is 71.7 Å². The maximum Gasteiger partial charge on any atom is 0.143 e. The molecule has 0 saturated heterocycles. The Morgan fingerprint density at radius 3 is 1.84 bits per heavy atom. The summed E-state index contributed by atoms with van der Waals surface area (Å²) in [4.78, 5) is 1.73. The zero-order valence-corrected chi connectivity index (χ0v) is 28.2. The molecule has 11 rings (SSSR count). The van der Waals surface area contributed by atoms with E-state index in [1.165, 1.54) is 0 Å². The van der Waals surface area contributed by atoms with Crippen molar-refractivity contribution in [3.8, 4) is 33.4 Å². The van der Waals surface area contributed by atoms with Gasteiger partial charge in [-0.3, -0.25) is 0 Å². The van der Waals surface area contributed by atoms with Crippen LogP contribution in [0.1, 0.15) is 28.8 Å². The van der Waals surface area contributed by atoms with Gasteiger partial charge in [-0.1, -0.05) is 139 Å². The number of hydrogen-bond acceptors (Lipinski definition) is 3. The van der Waals surface area contributed by atoms with Crippen molar-refractivity contribution in [3.05, 3.63) is 200 Å². The van der Waals surface area contributed by atoms with Crippen molar-refractivity contribution in [2.45, 2.75) is 0 Å². The molecule has 0 atom stereocenters. The molecular formula is C52H33NO2. The fourth-order valence-electron chi connectivity index (χ4n) is 6.83. The molecule has 0 saturated carbocycles. The lowest BCUT2D eigenvalue weighted by atomic mass is 9.97. The van der Waals surface area contributed by atoms with Crippen molar-refractivity contribution < 1.29 is 37.6 Å². The van der Waals surface area contributed by atoms with Gasteiger partial charge in [0.05, 0.1) is 28.8 Å². The summed E-state index contributed by atoms with van der Waals surface area (Å²) >= 11 is 0. The van der Waals surface area contributed by atoms with E-state index in [0.717, 1.165) is 0 Å². The average molecular weight is 725 g/mol. The van der Waals surface area contributed by atoms with E-state index in [9.17, 15) is 2.74 Å². The maximum atomic E-state index is 9.61. The molecule has 3 heteroatoms. The van der Waals surface area contributed by atoms with Gasteiger partial charge in [0.2, 0.25) is 0 Å². The fourth-order valence-corrected chi connectivity index (χ4v) is 6.83. The zero-order valence-electron chi connectivity index (χ0n) is 49.2. The van der Waals surface area contributed by atoms with Crippen LogP contribution in [0.5, 0.6) is 0 Å². The highest BCUT2D eigenvalue weighted by atomic mass is 16.3. The first kappa shape index (κ1) is 16.8. The molecule has 258 valence electrons. The van der Waals surface area contributed by atoms with Crippen molar-refractivity contribution in [2.24, 2.45) is 0 Å². The first-order valence-corrected chi connectivity index (χ1v) is 17.0. The highest BCUT2D eigenvalue weighted by molar-refractivity contribution is 6.19. The third-order valence-electron chi connectivity index (χ3n) is 9.36. The van der Waals surface area contributed by atoms with Crippen molar-refractivity contribution in [2.75, 3.05) is 4.90 Å². The second-order valence-corrected chi connectivity index (χ2v) is 12.5. The Kier molecular flexibility index (Phi) is 3.85. The smallest absolute Gasteiger partial charge is 0.143 e. The van der Waals surface area contributed by atoms with Gasteiger partial charge in [-0.2, -0.15) is 0 Å². The van der Waals surface area contributed by atoms with Crippen LogP contribution in [0.3, 0.4) is 0 Å². The molecule has 0 aliphatic carbocycles. The van der Waals surface area contributed by atoms with Crippen LogP contribution in [0.15, 0.2) is 209 Å². The van der Waals surface area contributed by atoms with Crippen LogP contribution < -0.4 is 4.90 Å². The van der Waals surface area contributed by atoms with Gasteiger partial charge < -0.3 is 13.7 Å². The van der Waals surface area contributed by atoms with Gasteiger partial charge in [0.25, 0.3) is 0 Å².